The van der Waals surface area contributed by atoms with Crippen molar-refractivity contribution < 1.29 is 21.5 Å². The first-order valence-corrected chi connectivity index (χ1v) is 5.04. The van der Waals surface area contributed by atoms with E-state index in [2.05, 4.69) is 15.6 Å². The lowest BCUT2D eigenvalue weighted by atomic mass is 10.4. The zero-order chi connectivity index (χ0) is 11.1. The van der Waals surface area contributed by atoms with Crippen molar-refractivity contribution in [3.63, 3.8) is 0 Å². The van der Waals surface area contributed by atoms with Crippen molar-refractivity contribution in [2.75, 3.05) is 14.1 Å². The van der Waals surface area contributed by atoms with Gasteiger partial charge in [0.15, 0.2) is 0 Å². The highest BCUT2D eigenvalue weighted by molar-refractivity contribution is 5.57. The van der Waals surface area contributed by atoms with Gasteiger partial charge in [-0.3, -0.25) is 0 Å². The Balaban J connectivity index is 0.00000225. The van der Waals surface area contributed by atoms with Gasteiger partial charge in [-0.15, -0.1) is 0 Å². The molecule has 3 nitrogen and oxygen atoms in total. The van der Waals surface area contributed by atoms with E-state index in [1.54, 1.807) is 0 Å². The van der Waals surface area contributed by atoms with E-state index >= 15 is 0 Å². The largest absolute Gasteiger partial charge is 1.00 e. The van der Waals surface area contributed by atoms with Crippen molar-refractivity contribution >= 4 is 12.2 Å². The third kappa shape index (κ3) is 5.07. The van der Waals surface area contributed by atoms with E-state index in [1.807, 2.05) is 62.7 Å². The maximum absolute atomic E-state index is 4.39. The average Bonchev–Trinajstić information content (AvgIpc) is 2.24. The molecular formula is C12H18BrN3. The molecule has 0 aliphatic carbocycles. The molecule has 0 fully saturated rings. The minimum absolute atomic E-state index is 0. The summed E-state index contributed by atoms with van der Waals surface area (Å²) in [5, 5.41) is 0. The Bertz CT molecular complexity index is 359. The van der Waals surface area contributed by atoms with Gasteiger partial charge < -0.3 is 21.9 Å². The van der Waals surface area contributed by atoms with Crippen molar-refractivity contribution in [2.24, 2.45) is 4.99 Å². The lowest BCUT2D eigenvalue weighted by Gasteiger charge is -1.99. The highest BCUT2D eigenvalue weighted by Gasteiger charge is 2.04. The van der Waals surface area contributed by atoms with Crippen molar-refractivity contribution in [1.82, 2.24) is 4.90 Å². The van der Waals surface area contributed by atoms with Gasteiger partial charge in [-0.05, 0) is 24.1 Å². The monoisotopic (exact) mass is 283 g/mol. The molecule has 88 valence electrons. The molecular weight excluding hydrogens is 266 g/mol. The first-order chi connectivity index (χ1) is 7.24. The zero-order valence-electron chi connectivity index (χ0n) is 9.97. The molecule has 1 aromatic rings. The van der Waals surface area contributed by atoms with Crippen LogP contribution in [-0.4, -0.2) is 25.3 Å². The van der Waals surface area contributed by atoms with Crippen LogP contribution in [0.3, 0.4) is 0 Å². The van der Waals surface area contributed by atoms with Crippen molar-refractivity contribution in [3.05, 3.63) is 36.5 Å². The van der Waals surface area contributed by atoms with E-state index in [-0.39, 0.29) is 17.0 Å². The van der Waals surface area contributed by atoms with Crippen LogP contribution >= 0.6 is 0 Å². The van der Waals surface area contributed by atoms with Gasteiger partial charge in [0.05, 0.1) is 6.20 Å². The summed E-state index contributed by atoms with van der Waals surface area (Å²) in [5.74, 6) is 0.962. The first-order valence-electron chi connectivity index (χ1n) is 5.04. The van der Waals surface area contributed by atoms with Crippen LogP contribution in [0.4, 0.5) is 5.82 Å². The van der Waals surface area contributed by atoms with Crippen LogP contribution in [0.1, 0.15) is 6.92 Å². The summed E-state index contributed by atoms with van der Waals surface area (Å²) in [6.07, 6.45) is 7.98. The summed E-state index contributed by atoms with van der Waals surface area (Å²) in [6, 6.07) is 6.01. The van der Waals surface area contributed by atoms with Gasteiger partial charge in [-0.1, -0.05) is 12.1 Å². The number of nitrogens with zero attached hydrogens (tertiary/aromatic N) is 3. The van der Waals surface area contributed by atoms with Crippen molar-refractivity contribution in [2.45, 2.75) is 13.5 Å². The number of rotatable bonds is 4. The number of allylic oxidation sites excluding steroid dienone is 2. The van der Waals surface area contributed by atoms with E-state index in [1.165, 1.54) is 0 Å². The van der Waals surface area contributed by atoms with Crippen LogP contribution in [0.2, 0.25) is 0 Å². The standard InChI is InChI=1S/C12H18N3.BrH/c1-4-5-9-15-10-7-6-8-12(15)13-11-14(2)3;/h4-8,10-11H,9H2,1-3H3;1H/q+1;/p-1/b5-4+;. The minimum atomic E-state index is 0. The summed E-state index contributed by atoms with van der Waals surface area (Å²) >= 11 is 0. The van der Waals surface area contributed by atoms with Gasteiger partial charge in [-0.2, -0.15) is 0 Å². The second-order valence-electron chi connectivity index (χ2n) is 3.49. The van der Waals surface area contributed by atoms with Crippen LogP contribution < -0.4 is 21.5 Å². The van der Waals surface area contributed by atoms with Gasteiger partial charge in [0.2, 0.25) is 6.34 Å². The maximum atomic E-state index is 4.39. The summed E-state index contributed by atoms with van der Waals surface area (Å²) in [5.41, 5.74) is 0. The summed E-state index contributed by atoms with van der Waals surface area (Å²) in [7, 11) is 3.92. The van der Waals surface area contributed by atoms with Crippen LogP contribution in [-0.2, 0) is 6.54 Å². The second-order valence-corrected chi connectivity index (χ2v) is 3.49. The van der Waals surface area contributed by atoms with E-state index in [0.717, 1.165) is 12.4 Å². The molecule has 0 aliphatic heterocycles. The van der Waals surface area contributed by atoms with Gasteiger partial charge in [0.1, 0.15) is 6.54 Å². The molecule has 0 bridgehead atoms. The fourth-order valence-corrected chi connectivity index (χ4v) is 1.13. The molecule has 0 N–H and O–H groups in total. The Morgan fingerprint density at radius 1 is 1.38 bits per heavy atom. The molecule has 0 atom stereocenters. The van der Waals surface area contributed by atoms with Crippen molar-refractivity contribution in [3.8, 4) is 0 Å². The molecule has 0 saturated heterocycles. The molecule has 0 spiro atoms. The Hall–Kier alpha value is -1.16. The molecule has 0 aliphatic rings. The average molecular weight is 284 g/mol. The minimum Gasteiger partial charge on any atom is -1.00 e. The van der Waals surface area contributed by atoms with Crippen molar-refractivity contribution in [1.29, 1.82) is 0 Å². The Morgan fingerprint density at radius 2 is 2.12 bits per heavy atom. The number of aromatic nitrogens is 1. The van der Waals surface area contributed by atoms with Crippen LogP contribution in [0, 0.1) is 0 Å². The van der Waals surface area contributed by atoms with Gasteiger partial charge in [0.25, 0.3) is 0 Å². The molecule has 16 heavy (non-hydrogen) atoms. The number of pyridine rings is 1. The predicted molar refractivity (Wildman–Crippen MR) is 63.3 cm³/mol. The SMILES string of the molecule is C/C=C/C[n+]1ccccc1/N=C/N(C)C.[Br-]. The Labute approximate surface area is 108 Å². The zero-order valence-corrected chi connectivity index (χ0v) is 11.6. The Morgan fingerprint density at radius 3 is 2.75 bits per heavy atom. The summed E-state index contributed by atoms with van der Waals surface area (Å²) in [6.45, 7) is 2.88. The molecule has 4 heteroatoms. The lowest BCUT2D eigenvalue weighted by molar-refractivity contribution is -0.674. The molecule has 0 saturated carbocycles. The normalized spacial score (nSPS) is 10.7. The Kier molecular flexibility index (Phi) is 7.46. The third-order valence-electron chi connectivity index (χ3n) is 1.88. The number of aliphatic imine (C=N–C) groups is 1. The summed E-state index contributed by atoms with van der Waals surface area (Å²) in [4.78, 5) is 6.31. The first kappa shape index (κ1) is 14.8. The fourth-order valence-electron chi connectivity index (χ4n) is 1.13. The molecule has 0 unspecified atom stereocenters. The topological polar surface area (TPSA) is 19.5 Å². The number of halogens is 1. The predicted octanol–water partition coefficient (Wildman–Crippen LogP) is -1.22. The van der Waals surface area contributed by atoms with Crippen LogP contribution in [0.25, 0.3) is 0 Å². The number of hydrogen-bond acceptors (Lipinski definition) is 1. The van der Waals surface area contributed by atoms with E-state index in [0.29, 0.717) is 0 Å². The van der Waals surface area contributed by atoms with E-state index in [9.17, 15) is 0 Å². The molecule has 0 amide bonds. The lowest BCUT2D eigenvalue weighted by Crippen LogP contribution is -3.00. The third-order valence-corrected chi connectivity index (χ3v) is 1.88. The van der Waals surface area contributed by atoms with Gasteiger partial charge >= 0.3 is 5.82 Å². The molecule has 0 radical (unpaired) electrons. The molecule has 1 heterocycles. The highest BCUT2D eigenvalue weighted by atomic mass is 79.9. The molecule has 0 aromatic carbocycles. The van der Waals surface area contributed by atoms with Crippen LogP contribution in [0.5, 0.6) is 0 Å². The van der Waals surface area contributed by atoms with E-state index < -0.39 is 0 Å². The second kappa shape index (κ2) is 8.05. The molecule has 1 aromatic heterocycles. The maximum Gasteiger partial charge on any atom is 0.325 e. The fraction of sp³-hybridized carbons (Fsp3) is 0.333. The molecule has 1 rings (SSSR count). The van der Waals surface area contributed by atoms with E-state index in [4.69, 9.17) is 0 Å². The highest BCUT2D eigenvalue weighted by Crippen LogP contribution is 2.02. The van der Waals surface area contributed by atoms with Crippen LogP contribution in [0.15, 0.2) is 41.5 Å². The van der Waals surface area contributed by atoms with Gasteiger partial charge in [-0.25, -0.2) is 4.57 Å². The van der Waals surface area contributed by atoms with Gasteiger partial charge in [0, 0.05) is 20.2 Å². The summed E-state index contributed by atoms with van der Waals surface area (Å²) < 4.78 is 2.10. The smallest absolute Gasteiger partial charge is 0.325 e. The number of hydrogen-bond donors (Lipinski definition) is 0. The quantitative estimate of drug-likeness (QED) is 0.293.